The second-order valence-corrected chi connectivity index (χ2v) is 5.39. The molecule has 1 aliphatic carbocycles. The van der Waals surface area contributed by atoms with Gasteiger partial charge in [-0.3, -0.25) is 0 Å². The molecule has 0 aromatic heterocycles. The lowest BCUT2D eigenvalue weighted by Gasteiger charge is -2.25. The second kappa shape index (κ2) is 5.70. The molecule has 2 rings (SSSR count). The maximum absolute atomic E-state index is 14.2. The Bertz CT molecular complexity index is 399. The summed E-state index contributed by atoms with van der Waals surface area (Å²) in [6.45, 7) is 5.92. The summed E-state index contributed by atoms with van der Waals surface area (Å²) in [5, 5.41) is 0. The smallest absolute Gasteiger partial charge is 0.146 e. The number of nitrogens with two attached hydrogens (primary N) is 1. The average Bonchev–Trinajstić information content (AvgIpc) is 3.12. The van der Waals surface area contributed by atoms with Gasteiger partial charge in [0.1, 0.15) is 5.82 Å². The zero-order valence-electron chi connectivity index (χ0n) is 11.3. The molecule has 18 heavy (non-hydrogen) atoms. The van der Waals surface area contributed by atoms with E-state index in [1.165, 1.54) is 12.8 Å². The van der Waals surface area contributed by atoms with Gasteiger partial charge in [-0.1, -0.05) is 13.0 Å². The molecule has 2 N–H and O–H groups in total. The van der Waals surface area contributed by atoms with Crippen LogP contribution < -0.4 is 10.6 Å². The first kappa shape index (κ1) is 13.3. The number of hydrogen-bond donors (Lipinski definition) is 1. The van der Waals surface area contributed by atoms with Crippen molar-refractivity contribution in [3.8, 4) is 0 Å². The molecule has 3 heteroatoms. The largest absolute Gasteiger partial charge is 0.369 e. The van der Waals surface area contributed by atoms with Crippen molar-refractivity contribution in [1.82, 2.24) is 0 Å². The van der Waals surface area contributed by atoms with Gasteiger partial charge in [0.25, 0.3) is 0 Å². The van der Waals surface area contributed by atoms with E-state index in [0.29, 0.717) is 0 Å². The van der Waals surface area contributed by atoms with Crippen LogP contribution in [0, 0.1) is 11.7 Å². The molecule has 0 heterocycles. The van der Waals surface area contributed by atoms with Crippen LogP contribution >= 0.6 is 0 Å². The first-order chi connectivity index (χ1) is 8.61. The fourth-order valence-electron chi connectivity index (χ4n) is 2.25. The van der Waals surface area contributed by atoms with Crippen molar-refractivity contribution in [2.75, 3.05) is 18.0 Å². The molecule has 1 fully saturated rings. The highest BCUT2D eigenvalue weighted by Gasteiger charge is 2.25. The highest BCUT2D eigenvalue weighted by molar-refractivity contribution is 5.49. The molecule has 0 radical (unpaired) electrons. The van der Waals surface area contributed by atoms with Crippen molar-refractivity contribution < 1.29 is 4.39 Å². The van der Waals surface area contributed by atoms with Crippen LogP contribution in [0.2, 0.25) is 0 Å². The molecule has 1 aromatic carbocycles. The summed E-state index contributed by atoms with van der Waals surface area (Å²) in [7, 11) is 0. The third kappa shape index (κ3) is 3.22. The summed E-state index contributed by atoms with van der Waals surface area (Å²) in [4.78, 5) is 2.18. The third-order valence-electron chi connectivity index (χ3n) is 3.51. The van der Waals surface area contributed by atoms with Crippen molar-refractivity contribution in [3.63, 3.8) is 0 Å². The number of nitrogens with zero attached hydrogens (tertiary/aromatic N) is 1. The van der Waals surface area contributed by atoms with E-state index in [-0.39, 0.29) is 11.9 Å². The summed E-state index contributed by atoms with van der Waals surface area (Å²) >= 11 is 0. The second-order valence-electron chi connectivity index (χ2n) is 5.39. The predicted molar refractivity (Wildman–Crippen MR) is 74.2 cm³/mol. The maximum Gasteiger partial charge on any atom is 0.146 e. The van der Waals surface area contributed by atoms with E-state index in [1.807, 2.05) is 19.1 Å². The quantitative estimate of drug-likeness (QED) is 0.837. The number of benzene rings is 1. The van der Waals surface area contributed by atoms with Gasteiger partial charge in [0, 0.05) is 19.1 Å². The Morgan fingerprint density at radius 2 is 2.17 bits per heavy atom. The minimum Gasteiger partial charge on any atom is -0.369 e. The van der Waals surface area contributed by atoms with Crippen molar-refractivity contribution >= 4 is 5.69 Å². The van der Waals surface area contributed by atoms with Crippen LogP contribution in [0.3, 0.4) is 0 Å². The monoisotopic (exact) mass is 250 g/mol. The normalized spacial score (nSPS) is 16.7. The van der Waals surface area contributed by atoms with E-state index < -0.39 is 0 Å². The van der Waals surface area contributed by atoms with Gasteiger partial charge in [0.2, 0.25) is 0 Å². The molecule has 2 nitrogen and oxygen atoms in total. The summed E-state index contributed by atoms with van der Waals surface area (Å²) < 4.78 is 14.2. The topological polar surface area (TPSA) is 29.3 Å². The number of hydrogen-bond acceptors (Lipinski definition) is 2. The molecule has 0 saturated heterocycles. The van der Waals surface area contributed by atoms with Crippen molar-refractivity contribution in [2.24, 2.45) is 11.7 Å². The Morgan fingerprint density at radius 3 is 2.67 bits per heavy atom. The Hall–Kier alpha value is -1.09. The van der Waals surface area contributed by atoms with Crippen LogP contribution in [-0.4, -0.2) is 13.1 Å². The highest BCUT2D eigenvalue weighted by atomic mass is 19.1. The van der Waals surface area contributed by atoms with Gasteiger partial charge < -0.3 is 10.6 Å². The Balaban J connectivity index is 2.17. The lowest BCUT2D eigenvalue weighted by molar-refractivity contribution is 0.604. The van der Waals surface area contributed by atoms with Crippen molar-refractivity contribution in [3.05, 3.63) is 29.6 Å². The van der Waals surface area contributed by atoms with E-state index in [2.05, 4.69) is 11.8 Å². The fourth-order valence-corrected chi connectivity index (χ4v) is 2.25. The SMILES string of the molecule is CCCN(CC1CC1)c1ccc(C(C)N)cc1F. The summed E-state index contributed by atoms with van der Waals surface area (Å²) in [6, 6.07) is 5.29. The van der Waals surface area contributed by atoms with E-state index in [0.717, 1.165) is 36.7 Å². The molecule has 1 unspecified atom stereocenters. The first-order valence-electron chi connectivity index (χ1n) is 6.91. The molecule has 0 aliphatic heterocycles. The molecule has 1 aliphatic rings. The Labute approximate surface area is 109 Å². The van der Waals surface area contributed by atoms with Crippen molar-refractivity contribution in [2.45, 2.75) is 39.2 Å². The molecule has 0 spiro atoms. The number of halogens is 1. The van der Waals surface area contributed by atoms with Crippen LogP contribution in [0.5, 0.6) is 0 Å². The highest BCUT2D eigenvalue weighted by Crippen LogP contribution is 2.32. The van der Waals surface area contributed by atoms with Gasteiger partial charge in [-0.15, -0.1) is 0 Å². The van der Waals surface area contributed by atoms with Crippen LogP contribution in [-0.2, 0) is 0 Å². The predicted octanol–water partition coefficient (Wildman–Crippen LogP) is 3.47. The fraction of sp³-hybridized carbons (Fsp3) is 0.600. The summed E-state index contributed by atoms with van der Waals surface area (Å²) in [5.41, 5.74) is 7.37. The van der Waals surface area contributed by atoms with E-state index in [1.54, 1.807) is 6.07 Å². The molecule has 100 valence electrons. The van der Waals surface area contributed by atoms with Gasteiger partial charge >= 0.3 is 0 Å². The zero-order valence-corrected chi connectivity index (χ0v) is 11.3. The Morgan fingerprint density at radius 1 is 1.44 bits per heavy atom. The van der Waals surface area contributed by atoms with Crippen LogP contribution in [0.1, 0.15) is 44.7 Å². The minimum absolute atomic E-state index is 0.114. The lowest BCUT2D eigenvalue weighted by Crippen LogP contribution is -2.27. The van der Waals surface area contributed by atoms with E-state index in [4.69, 9.17) is 5.73 Å². The van der Waals surface area contributed by atoms with Crippen LogP contribution in [0.4, 0.5) is 10.1 Å². The molecule has 0 bridgehead atoms. The third-order valence-corrected chi connectivity index (χ3v) is 3.51. The molecular formula is C15H23FN2. The number of rotatable bonds is 6. The summed E-state index contributed by atoms with van der Waals surface area (Å²) in [5.74, 6) is 0.628. The molecule has 0 amide bonds. The van der Waals surface area contributed by atoms with Crippen LogP contribution in [0.25, 0.3) is 0 Å². The lowest BCUT2D eigenvalue weighted by atomic mass is 10.1. The van der Waals surface area contributed by atoms with Crippen LogP contribution in [0.15, 0.2) is 18.2 Å². The molecular weight excluding hydrogens is 227 g/mol. The van der Waals surface area contributed by atoms with Gasteiger partial charge in [-0.05, 0) is 49.8 Å². The van der Waals surface area contributed by atoms with Gasteiger partial charge in [-0.25, -0.2) is 4.39 Å². The van der Waals surface area contributed by atoms with Gasteiger partial charge in [0.05, 0.1) is 5.69 Å². The first-order valence-corrected chi connectivity index (χ1v) is 6.91. The van der Waals surface area contributed by atoms with Gasteiger partial charge in [0.15, 0.2) is 0 Å². The molecule has 1 aromatic rings. The number of anilines is 1. The summed E-state index contributed by atoms with van der Waals surface area (Å²) in [6.07, 6.45) is 3.63. The van der Waals surface area contributed by atoms with E-state index in [9.17, 15) is 4.39 Å². The standard InChI is InChI=1S/C15H23FN2/c1-3-8-18(10-12-4-5-12)15-7-6-13(11(2)17)9-14(15)16/h6-7,9,11-12H,3-5,8,10,17H2,1-2H3. The molecule has 1 saturated carbocycles. The zero-order chi connectivity index (χ0) is 13.1. The average molecular weight is 250 g/mol. The maximum atomic E-state index is 14.2. The van der Waals surface area contributed by atoms with E-state index >= 15 is 0 Å². The minimum atomic E-state index is -0.140. The Kier molecular flexibility index (Phi) is 4.23. The van der Waals surface area contributed by atoms with Crippen molar-refractivity contribution in [1.29, 1.82) is 0 Å². The van der Waals surface area contributed by atoms with Gasteiger partial charge in [-0.2, -0.15) is 0 Å². The molecule has 1 atom stereocenters.